The predicted octanol–water partition coefficient (Wildman–Crippen LogP) is -0.277. The molecule has 0 aromatic heterocycles. The molecule has 56 valence electrons. The Morgan fingerprint density at radius 1 is 1.70 bits per heavy atom. The number of rotatable bonds is 2. The first-order valence-corrected chi connectivity index (χ1v) is 2.92. The first-order valence-electron chi connectivity index (χ1n) is 2.92. The molecule has 5 nitrogen and oxygen atoms in total. The van der Waals surface area contributed by atoms with E-state index >= 15 is 0 Å². The normalized spacial score (nSPS) is 19.6. The topological polar surface area (TPSA) is 99.2 Å². The summed E-state index contributed by atoms with van der Waals surface area (Å²) in [4.78, 5) is 10.1. The summed E-state index contributed by atoms with van der Waals surface area (Å²) in [5, 5.41) is 17.5. The van der Waals surface area contributed by atoms with Crippen molar-refractivity contribution in [3.63, 3.8) is 0 Å². The molecule has 0 atom stereocenters. The third-order valence-corrected chi connectivity index (χ3v) is 1.61. The third kappa shape index (κ3) is 1.02. The number of carboxylic acid groups (broad SMARTS) is 1. The van der Waals surface area contributed by atoms with Gasteiger partial charge in [0.2, 0.25) is 0 Å². The molecule has 1 aliphatic carbocycles. The van der Waals surface area contributed by atoms with Crippen molar-refractivity contribution in [2.45, 2.75) is 18.4 Å². The number of carbonyl (C=O) groups is 1. The summed E-state index contributed by atoms with van der Waals surface area (Å²) in [6.45, 7) is 0. The van der Waals surface area contributed by atoms with Crippen LogP contribution in [0.4, 0.5) is 4.79 Å². The van der Waals surface area contributed by atoms with Gasteiger partial charge < -0.3 is 16.2 Å². The Morgan fingerprint density at radius 3 is 2.30 bits per heavy atom. The molecule has 0 aliphatic heterocycles. The molecule has 0 aromatic rings. The molecule has 0 unspecified atom stereocenters. The first kappa shape index (κ1) is 6.85. The number of amides is 1. The van der Waals surface area contributed by atoms with Gasteiger partial charge in [-0.2, -0.15) is 0 Å². The zero-order valence-corrected chi connectivity index (χ0v) is 5.35. The third-order valence-electron chi connectivity index (χ3n) is 1.61. The monoisotopic (exact) mass is 143 g/mol. The molecule has 10 heavy (non-hydrogen) atoms. The van der Waals surface area contributed by atoms with E-state index < -0.39 is 11.6 Å². The van der Waals surface area contributed by atoms with E-state index in [9.17, 15) is 4.79 Å². The van der Waals surface area contributed by atoms with Crippen molar-refractivity contribution in [1.82, 2.24) is 5.32 Å². The van der Waals surface area contributed by atoms with Crippen LogP contribution in [0.3, 0.4) is 0 Å². The Labute approximate surface area is 57.7 Å². The minimum Gasteiger partial charge on any atom is -0.465 e. The van der Waals surface area contributed by atoms with Gasteiger partial charge in [-0.25, -0.2) is 4.79 Å². The number of nitrogens with two attached hydrogens (primary N) is 1. The van der Waals surface area contributed by atoms with Gasteiger partial charge in [0, 0.05) is 0 Å². The van der Waals surface area contributed by atoms with Crippen LogP contribution in [0.25, 0.3) is 0 Å². The van der Waals surface area contributed by atoms with Gasteiger partial charge in [0.1, 0.15) is 11.4 Å². The summed E-state index contributed by atoms with van der Waals surface area (Å²) in [7, 11) is 0. The highest BCUT2D eigenvalue weighted by atomic mass is 16.4. The second-order valence-electron chi connectivity index (χ2n) is 2.43. The molecule has 0 spiro atoms. The molecule has 1 rings (SSSR count). The van der Waals surface area contributed by atoms with Crippen LogP contribution in [0.5, 0.6) is 0 Å². The van der Waals surface area contributed by atoms with E-state index in [0.29, 0.717) is 12.8 Å². The van der Waals surface area contributed by atoms with Gasteiger partial charge in [0.25, 0.3) is 0 Å². The fourth-order valence-corrected chi connectivity index (χ4v) is 0.791. The van der Waals surface area contributed by atoms with Gasteiger partial charge >= 0.3 is 6.09 Å². The second-order valence-corrected chi connectivity index (χ2v) is 2.43. The van der Waals surface area contributed by atoms with Gasteiger partial charge in [0.05, 0.1) is 0 Å². The maximum absolute atomic E-state index is 10.1. The molecule has 5 N–H and O–H groups in total. The Balaban J connectivity index is 2.53. The van der Waals surface area contributed by atoms with E-state index in [0.717, 1.165) is 0 Å². The van der Waals surface area contributed by atoms with Crippen LogP contribution in [0.15, 0.2) is 0 Å². The summed E-state index contributed by atoms with van der Waals surface area (Å²) in [6, 6.07) is 0. The lowest BCUT2D eigenvalue weighted by atomic mass is 10.2. The van der Waals surface area contributed by atoms with Crippen LogP contribution < -0.4 is 11.1 Å². The van der Waals surface area contributed by atoms with E-state index in [1.807, 2.05) is 0 Å². The van der Waals surface area contributed by atoms with Crippen LogP contribution >= 0.6 is 0 Å². The van der Waals surface area contributed by atoms with Gasteiger partial charge in [-0.1, -0.05) is 0 Å². The van der Waals surface area contributed by atoms with Crippen molar-refractivity contribution in [2.24, 2.45) is 5.73 Å². The van der Waals surface area contributed by atoms with Crippen molar-refractivity contribution < 1.29 is 9.90 Å². The highest BCUT2D eigenvalue weighted by Gasteiger charge is 2.47. The molecule has 0 radical (unpaired) electrons. The lowest BCUT2D eigenvalue weighted by molar-refractivity contribution is 0.191. The average Bonchev–Trinajstić information content (AvgIpc) is 2.46. The maximum atomic E-state index is 10.1. The summed E-state index contributed by atoms with van der Waals surface area (Å²) < 4.78 is 0. The van der Waals surface area contributed by atoms with E-state index in [-0.39, 0.29) is 5.84 Å². The van der Waals surface area contributed by atoms with Crippen molar-refractivity contribution >= 4 is 11.9 Å². The van der Waals surface area contributed by atoms with Crippen LogP contribution in [0.2, 0.25) is 0 Å². The predicted molar refractivity (Wildman–Crippen MR) is 35.0 cm³/mol. The lowest BCUT2D eigenvalue weighted by Gasteiger charge is -2.11. The van der Waals surface area contributed by atoms with E-state index in [1.165, 1.54) is 0 Å². The van der Waals surface area contributed by atoms with E-state index in [4.69, 9.17) is 16.2 Å². The summed E-state index contributed by atoms with van der Waals surface area (Å²) in [6.07, 6.45) is 0.177. The average molecular weight is 143 g/mol. The Morgan fingerprint density at radius 2 is 2.20 bits per heavy atom. The molecule has 5 heteroatoms. The fourth-order valence-electron chi connectivity index (χ4n) is 0.791. The van der Waals surface area contributed by atoms with Crippen LogP contribution in [0, 0.1) is 5.41 Å². The largest absolute Gasteiger partial charge is 0.465 e. The second kappa shape index (κ2) is 1.86. The van der Waals surface area contributed by atoms with E-state index in [1.54, 1.807) is 0 Å². The SMILES string of the molecule is N=C(N)C1(NC(=O)O)CC1. The number of hydrogen-bond acceptors (Lipinski definition) is 2. The number of hydrogen-bond donors (Lipinski definition) is 4. The van der Waals surface area contributed by atoms with Crippen molar-refractivity contribution in [3.8, 4) is 0 Å². The minimum atomic E-state index is -1.12. The molecule has 0 saturated heterocycles. The van der Waals surface area contributed by atoms with Crippen molar-refractivity contribution in [1.29, 1.82) is 5.41 Å². The first-order chi connectivity index (χ1) is 4.57. The highest BCUT2D eigenvalue weighted by Crippen LogP contribution is 2.34. The highest BCUT2D eigenvalue weighted by molar-refractivity contribution is 5.93. The Bertz CT molecular complexity index is 185. The number of amidine groups is 1. The molecular formula is C5H9N3O2. The lowest BCUT2D eigenvalue weighted by Crippen LogP contribution is -2.45. The van der Waals surface area contributed by atoms with Crippen molar-refractivity contribution in [2.75, 3.05) is 0 Å². The fraction of sp³-hybridized carbons (Fsp3) is 0.600. The smallest absolute Gasteiger partial charge is 0.405 e. The zero-order chi connectivity index (χ0) is 7.78. The zero-order valence-electron chi connectivity index (χ0n) is 5.35. The molecule has 0 aromatic carbocycles. The Hall–Kier alpha value is -1.26. The summed E-state index contributed by atoms with van der Waals surface area (Å²) >= 11 is 0. The molecular weight excluding hydrogens is 134 g/mol. The van der Waals surface area contributed by atoms with Gasteiger partial charge in [-0.05, 0) is 12.8 Å². The molecule has 0 heterocycles. The minimum absolute atomic E-state index is 0.0881. The quantitative estimate of drug-likeness (QED) is 0.316. The molecule has 0 bridgehead atoms. The van der Waals surface area contributed by atoms with Gasteiger partial charge in [-0.3, -0.25) is 5.41 Å². The van der Waals surface area contributed by atoms with Crippen molar-refractivity contribution in [3.05, 3.63) is 0 Å². The van der Waals surface area contributed by atoms with Gasteiger partial charge in [0.15, 0.2) is 0 Å². The molecule has 1 fully saturated rings. The van der Waals surface area contributed by atoms with Gasteiger partial charge in [-0.15, -0.1) is 0 Å². The number of nitrogens with one attached hydrogen (secondary N) is 2. The summed E-state index contributed by atoms with van der Waals surface area (Å²) in [5.74, 6) is -0.0881. The molecule has 1 aliphatic rings. The Kier molecular flexibility index (Phi) is 1.28. The standard InChI is InChI=1S/C5H9N3O2/c6-3(7)5(1-2-5)8-4(9)10/h8H,1-2H2,(H3,6,7)(H,9,10). The summed E-state index contributed by atoms with van der Waals surface area (Å²) in [5.41, 5.74) is 4.42. The van der Waals surface area contributed by atoms with Crippen LogP contribution in [-0.2, 0) is 0 Å². The van der Waals surface area contributed by atoms with Crippen LogP contribution in [-0.4, -0.2) is 22.6 Å². The molecule has 1 saturated carbocycles. The van der Waals surface area contributed by atoms with Crippen LogP contribution in [0.1, 0.15) is 12.8 Å². The molecule has 1 amide bonds. The maximum Gasteiger partial charge on any atom is 0.405 e. The van der Waals surface area contributed by atoms with E-state index in [2.05, 4.69) is 5.32 Å².